The van der Waals surface area contributed by atoms with E-state index in [4.69, 9.17) is 4.74 Å². The molecule has 0 saturated heterocycles. The van der Waals surface area contributed by atoms with Crippen LogP contribution in [-0.2, 0) is 0 Å². The van der Waals surface area contributed by atoms with Crippen molar-refractivity contribution in [2.24, 2.45) is 0 Å². The van der Waals surface area contributed by atoms with Crippen LogP contribution in [-0.4, -0.2) is 24.0 Å². The number of aromatic nitrogens is 1. The molecule has 0 bridgehead atoms. The Kier molecular flexibility index (Phi) is 5.40. The second kappa shape index (κ2) is 8.08. The van der Waals surface area contributed by atoms with E-state index in [9.17, 15) is 13.6 Å². The van der Waals surface area contributed by atoms with E-state index in [1.807, 2.05) is 24.3 Å². The van der Waals surface area contributed by atoms with E-state index in [0.29, 0.717) is 5.75 Å². The largest absolute Gasteiger partial charge is 0.479 e. The number of hydrogen-bond donors (Lipinski definition) is 1. The van der Waals surface area contributed by atoms with Crippen LogP contribution in [0.4, 0.5) is 8.78 Å². The van der Waals surface area contributed by atoms with Crippen LogP contribution in [0, 0.1) is 23.5 Å². The fourth-order valence-electron chi connectivity index (χ4n) is 2.35. The fraction of sp³-hybridized carbons (Fsp3) is 0.100. The van der Waals surface area contributed by atoms with Gasteiger partial charge in [0.1, 0.15) is 35.1 Å². The fourth-order valence-corrected chi connectivity index (χ4v) is 2.35. The van der Waals surface area contributed by atoms with Crippen molar-refractivity contribution in [2.75, 3.05) is 13.2 Å². The van der Waals surface area contributed by atoms with Gasteiger partial charge in [0.05, 0.1) is 6.54 Å². The van der Waals surface area contributed by atoms with Gasteiger partial charge in [0.25, 0.3) is 5.91 Å². The summed E-state index contributed by atoms with van der Waals surface area (Å²) in [7, 11) is 0. The quantitative estimate of drug-likeness (QED) is 0.733. The van der Waals surface area contributed by atoms with Crippen molar-refractivity contribution in [3.8, 4) is 17.6 Å². The molecule has 0 fully saturated rings. The van der Waals surface area contributed by atoms with Crippen LogP contribution in [0.15, 0.2) is 54.7 Å². The van der Waals surface area contributed by atoms with Gasteiger partial charge < -0.3 is 10.1 Å². The predicted octanol–water partition coefficient (Wildman–Crippen LogP) is 3.33. The molecule has 0 radical (unpaired) electrons. The van der Waals surface area contributed by atoms with Gasteiger partial charge in [0, 0.05) is 11.6 Å². The minimum atomic E-state index is -0.915. The Balaban J connectivity index is 1.54. The SMILES string of the molecule is O=C(NCC#CCOc1cccc2cccnc12)c1c(F)cccc1F. The molecule has 3 rings (SSSR count). The zero-order valence-corrected chi connectivity index (χ0v) is 13.6. The highest BCUT2D eigenvalue weighted by Crippen LogP contribution is 2.22. The minimum absolute atomic E-state index is 0.0518. The van der Waals surface area contributed by atoms with E-state index in [0.717, 1.165) is 23.0 Å². The lowest BCUT2D eigenvalue weighted by Gasteiger charge is -2.05. The van der Waals surface area contributed by atoms with Crippen molar-refractivity contribution in [1.82, 2.24) is 10.3 Å². The molecule has 1 aromatic heterocycles. The molecule has 0 atom stereocenters. The average Bonchev–Trinajstić information content (AvgIpc) is 2.64. The third-order valence-electron chi connectivity index (χ3n) is 3.55. The van der Waals surface area contributed by atoms with E-state index in [1.54, 1.807) is 12.3 Å². The van der Waals surface area contributed by atoms with Crippen molar-refractivity contribution in [3.63, 3.8) is 0 Å². The minimum Gasteiger partial charge on any atom is -0.479 e. The van der Waals surface area contributed by atoms with Gasteiger partial charge in [-0.3, -0.25) is 9.78 Å². The van der Waals surface area contributed by atoms with Crippen LogP contribution in [0.5, 0.6) is 5.75 Å². The van der Waals surface area contributed by atoms with Crippen molar-refractivity contribution in [3.05, 3.63) is 71.9 Å². The number of fused-ring (bicyclic) bond motifs is 1. The molecule has 6 heteroatoms. The van der Waals surface area contributed by atoms with Gasteiger partial charge in [-0.2, -0.15) is 0 Å². The van der Waals surface area contributed by atoms with E-state index < -0.39 is 23.1 Å². The molecule has 26 heavy (non-hydrogen) atoms. The summed E-state index contributed by atoms with van der Waals surface area (Å²) in [5.41, 5.74) is 0.118. The summed E-state index contributed by atoms with van der Waals surface area (Å²) >= 11 is 0. The molecule has 0 aliphatic carbocycles. The monoisotopic (exact) mass is 352 g/mol. The van der Waals surface area contributed by atoms with Crippen molar-refractivity contribution in [1.29, 1.82) is 0 Å². The number of halogens is 2. The molecule has 0 aliphatic heterocycles. The lowest BCUT2D eigenvalue weighted by molar-refractivity contribution is 0.0950. The summed E-state index contributed by atoms with van der Waals surface area (Å²) in [6.45, 7) is 0.0450. The smallest absolute Gasteiger partial charge is 0.258 e. The van der Waals surface area contributed by atoms with Gasteiger partial charge in [-0.05, 0) is 24.3 Å². The summed E-state index contributed by atoms with van der Waals surface area (Å²) in [6, 6.07) is 12.6. The molecule has 1 amide bonds. The number of pyridine rings is 1. The standard InChI is InChI=1S/C20H14F2N2O2/c21-15-8-4-9-16(22)18(15)20(25)24-11-1-2-13-26-17-10-3-6-14-7-5-12-23-19(14)17/h3-10,12H,11,13H2,(H,24,25). The molecular weight excluding hydrogens is 338 g/mol. The van der Waals surface area contributed by atoms with Crippen LogP contribution in [0.3, 0.4) is 0 Å². The number of para-hydroxylation sites is 1. The van der Waals surface area contributed by atoms with Gasteiger partial charge in [-0.1, -0.05) is 36.1 Å². The Morgan fingerprint density at radius 3 is 2.58 bits per heavy atom. The predicted molar refractivity (Wildman–Crippen MR) is 93.7 cm³/mol. The molecule has 0 unspecified atom stereocenters. The molecule has 1 heterocycles. The van der Waals surface area contributed by atoms with Crippen molar-refractivity contribution >= 4 is 16.8 Å². The molecule has 130 valence electrons. The van der Waals surface area contributed by atoms with Crippen LogP contribution in [0.2, 0.25) is 0 Å². The Labute approximate surface area is 148 Å². The summed E-state index contributed by atoms with van der Waals surface area (Å²) in [4.78, 5) is 16.1. The third-order valence-corrected chi connectivity index (χ3v) is 3.55. The van der Waals surface area contributed by atoms with Crippen molar-refractivity contribution in [2.45, 2.75) is 0 Å². The number of rotatable bonds is 4. The number of carbonyl (C=O) groups excluding carboxylic acids is 1. The highest BCUT2D eigenvalue weighted by atomic mass is 19.1. The van der Waals surface area contributed by atoms with E-state index >= 15 is 0 Å². The Bertz CT molecular complexity index is 984. The first kappa shape index (κ1) is 17.4. The highest BCUT2D eigenvalue weighted by Gasteiger charge is 2.15. The molecule has 0 saturated carbocycles. The second-order valence-corrected chi connectivity index (χ2v) is 5.25. The first-order chi connectivity index (χ1) is 12.7. The number of amides is 1. The van der Waals surface area contributed by atoms with Gasteiger partial charge in [0.15, 0.2) is 0 Å². The zero-order chi connectivity index (χ0) is 18.4. The van der Waals surface area contributed by atoms with E-state index in [1.165, 1.54) is 6.07 Å². The molecule has 3 aromatic rings. The van der Waals surface area contributed by atoms with Crippen LogP contribution in [0.25, 0.3) is 10.9 Å². The Morgan fingerprint density at radius 1 is 1.04 bits per heavy atom. The normalized spacial score (nSPS) is 10.1. The van der Waals surface area contributed by atoms with Crippen LogP contribution >= 0.6 is 0 Å². The average molecular weight is 352 g/mol. The van der Waals surface area contributed by atoms with Gasteiger partial charge in [-0.15, -0.1) is 0 Å². The lowest BCUT2D eigenvalue weighted by atomic mass is 10.2. The summed E-state index contributed by atoms with van der Waals surface area (Å²) in [5, 5.41) is 3.30. The molecule has 0 aliphatic rings. The number of nitrogens with zero attached hydrogens (tertiary/aromatic N) is 1. The zero-order valence-electron chi connectivity index (χ0n) is 13.6. The second-order valence-electron chi connectivity index (χ2n) is 5.25. The van der Waals surface area contributed by atoms with Gasteiger partial charge in [-0.25, -0.2) is 8.78 Å². The highest BCUT2D eigenvalue weighted by molar-refractivity contribution is 5.94. The van der Waals surface area contributed by atoms with Gasteiger partial charge >= 0.3 is 0 Å². The maximum Gasteiger partial charge on any atom is 0.258 e. The maximum absolute atomic E-state index is 13.5. The number of nitrogens with one attached hydrogen (secondary N) is 1. The number of benzene rings is 2. The maximum atomic E-state index is 13.5. The molecular formula is C20H14F2N2O2. The Morgan fingerprint density at radius 2 is 1.77 bits per heavy atom. The first-order valence-corrected chi connectivity index (χ1v) is 7.81. The number of ether oxygens (including phenoxy) is 1. The van der Waals surface area contributed by atoms with E-state index in [-0.39, 0.29) is 13.2 Å². The lowest BCUT2D eigenvalue weighted by Crippen LogP contribution is -2.25. The number of carbonyl (C=O) groups is 1. The number of hydrogen-bond acceptors (Lipinski definition) is 3. The topological polar surface area (TPSA) is 51.2 Å². The Hall–Kier alpha value is -3.46. The third kappa shape index (κ3) is 3.95. The van der Waals surface area contributed by atoms with Crippen molar-refractivity contribution < 1.29 is 18.3 Å². The van der Waals surface area contributed by atoms with Crippen LogP contribution in [0.1, 0.15) is 10.4 Å². The molecule has 0 spiro atoms. The molecule has 2 aromatic carbocycles. The van der Waals surface area contributed by atoms with Crippen LogP contribution < -0.4 is 10.1 Å². The van der Waals surface area contributed by atoms with Gasteiger partial charge in [0.2, 0.25) is 0 Å². The summed E-state index contributed by atoms with van der Waals surface area (Å²) < 4.78 is 32.5. The van der Waals surface area contributed by atoms with E-state index in [2.05, 4.69) is 22.1 Å². The molecule has 4 nitrogen and oxygen atoms in total. The first-order valence-electron chi connectivity index (χ1n) is 7.81. The summed E-state index contributed by atoms with van der Waals surface area (Å²) in [5.74, 6) is 3.33. The molecule has 1 N–H and O–H groups in total. The summed E-state index contributed by atoms with van der Waals surface area (Å²) in [6.07, 6.45) is 1.68.